The number of anilines is 1. The summed E-state index contributed by atoms with van der Waals surface area (Å²) in [6.45, 7) is 14.9. The highest BCUT2D eigenvalue weighted by Crippen LogP contribution is 2.51. The van der Waals surface area contributed by atoms with Crippen LogP contribution >= 0.6 is 0 Å². The maximum atomic E-state index is 2.89. The second-order valence-corrected chi connectivity index (χ2v) is 11.1. The van der Waals surface area contributed by atoms with E-state index in [0.717, 1.165) is 29.7 Å². The SMILES string of the molecule is CCN1CC2CN(c3ccccc3)C3(CCN(C4CCC(C(C)C)CC4)CC3)C2C1. The van der Waals surface area contributed by atoms with E-state index in [-0.39, 0.29) is 0 Å². The number of likely N-dealkylation sites (tertiary alicyclic amines) is 2. The molecule has 5 rings (SSSR count). The molecule has 0 N–H and O–H groups in total. The molecule has 4 fully saturated rings. The number of hydrogen-bond donors (Lipinski definition) is 0. The Morgan fingerprint density at radius 3 is 2.27 bits per heavy atom. The Morgan fingerprint density at radius 2 is 1.63 bits per heavy atom. The van der Waals surface area contributed by atoms with Gasteiger partial charge in [-0.3, -0.25) is 0 Å². The van der Waals surface area contributed by atoms with E-state index >= 15 is 0 Å². The van der Waals surface area contributed by atoms with Crippen LogP contribution in [0, 0.1) is 23.7 Å². The Kier molecular flexibility index (Phi) is 5.88. The number of piperidine rings is 1. The predicted molar refractivity (Wildman–Crippen MR) is 127 cm³/mol. The normalized spacial score (nSPS) is 34.7. The molecule has 3 aliphatic heterocycles. The summed E-state index contributed by atoms with van der Waals surface area (Å²) in [6.07, 6.45) is 8.52. The first kappa shape index (κ1) is 20.8. The van der Waals surface area contributed by atoms with Crippen LogP contribution in [0.2, 0.25) is 0 Å². The monoisotopic (exact) mass is 409 g/mol. The van der Waals surface area contributed by atoms with Crippen LogP contribution < -0.4 is 4.90 Å². The minimum Gasteiger partial charge on any atom is -0.365 e. The van der Waals surface area contributed by atoms with Crippen molar-refractivity contribution in [2.75, 3.05) is 44.2 Å². The average Bonchev–Trinajstić information content (AvgIpc) is 3.33. The van der Waals surface area contributed by atoms with Gasteiger partial charge in [0.25, 0.3) is 0 Å². The molecule has 0 amide bonds. The minimum atomic E-state index is 0.390. The van der Waals surface area contributed by atoms with Crippen LogP contribution in [0.15, 0.2) is 30.3 Å². The van der Waals surface area contributed by atoms with E-state index in [4.69, 9.17) is 0 Å². The van der Waals surface area contributed by atoms with Gasteiger partial charge in [-0.25, -0.2) is 0 Å². The number of fused-ring (bicyclic) bond motifs is 2. The van der Waals surface area contributed by atoms with E-state index < -0.39 is 0 Å². The van der Waals surface area contributed by atoms with Gasteiger partial charge in [0.15, 0.2) is 0 Å². The summed E-state index contributed by atoms with van der Waals surface area (Å²) in [4.78, 5) is 8.48. The summed E-state index contributed by atoms with van der Waals surface area (Å²) >= 11 is 0. The van der Waals surface area contributed by atoms with E-state index in [9.17, 15) is 0 Å². The van der Waals surface area contributed by atoms with Crippen molar-refractivity contribution in [3.63, 3.8) is 0 Å². The lowest BCUT2D eigenvalue weighted by Crippen LogP contribution is -2.58. The number of nitrogens with zero attached hydrogens (tertiary/aromatic N) is 3. The Morgan fingerprint density at radius 1 is 0.933 bits per heavy atom. The van der Waals surface area contributed by atoms with Gasteiger partial charge in [0.05, 0.1) is 0 Å². The van der Waals surface area contributed by atoms with Gasteiger partial charge >= 0.3 is 0 Å². The van der Waals surface area contributed by atoms with Crippen molar-refractivity contribution < 1.29 is 0 Å². The second-order valence-electron chi connectivity index (χ2n) is 11.1. The Bertz CT molecular complexity index is 685. The highest BCUT2D eigenvalue weighted by molar-refractivity contribution is 5.52. The molecule has 4 aliphatic rings. The molecule has 30 heavy (non-hydrogen) atoms. The molecule has 166 valence electrons. The standard InChI is InChI=1S/C27H43N3/c1-4-28-18-23-19-30(25-8-6-5-7-9-25)27(26(23)20-28)14-16-29(17-15-27)24-12-10-22(11-13-24)21(2)3/h5-9,21-24,26H,4,10-20H2,1-3H3. The van der Waals surface area contributed by atoms with Gasteiger partial charge < -0.3 is 14.7 Å². The van der Waals surface area contributed by atoms with E-state index in [0.29, 0.717) is 5.54 Å². The number of hydrogen-bond acceptors (Lipinski definition) is 3. The fourth-order valence-electron chi connectivity index (χ4n) is 7.65. The smallest absolute Gasteiger partial charge is 0.0470 e. The molecule has 0 aromatic heterocycles. The zero-order valence-corrected chi connectivity index (χ0v) is 19.6. The lowest BCUT2D eigenvalue weighted by molar-refractivity contribution is 0.0636. The summed E-state index contributed by atoms with van der Waals surface area (Å²) in [6, 6.07) is 12.2. The molecule has 3 heteroatoms. The van der Waals surface area contributed by atoms with Gasteiger partial charge in [-0.05, 0) is 75.0 Å². The third-order valence-corrected chi connectivity index (χ3v) is 9.54. The van der Waals surface area contributed by atoms with Crippen LogP contribution in [0.1, 0.15) is 59.3 Å². The van der Waals surface area contributed by atoms with Gasteiger partial charge in [0.2, 0.25) is 0 Å². The van der Waals surface area contributed by atoms with Crippen molar-refractivity contribution in [1.29, 1.82) is 0 Å². The number of para-hydroxylation sites is 1. The van der Waals surface area contributed by atoms with E-state index in [1.54, 1.807) is 0 Å². The maximum Gasteiger partial charge on any atom is 0.0470 e. The molecule has 3 heterocycles. The number of rotatable bonds is 4. The molecule has 3 nitrogen and oxygen atoms in total. The van der Waals surface area contributed by atoms with Crippen molar-refractivity contribution in [1.82, 2.24) is 9.80 Å². The largest absolute Gasteiger partial charge is 0.365 e. The molecule has 1 saturated carbocycles. The summed E-state index contributed by atoms with van der Waals surface area (Å²) in [7, 11) is 0. The Hall–Kier alpha value is -1.06. The molecule has 0 bridgehead atoms. The molecule has 0 radical (unpaired) electrons. The van der Waals surface area contributed by atoms with Crippen molar-refractivity contribution in [2.45, 2.75) is 70.9 Å². The maximum absolute atomic E-state index is 2.89. The molecular formula is C27H43N3. The van der Waals surface area contributed by atoms with Crippen molar-refractivity contribution in [3.8, 4) is 0 Å². The van der Waals surface area contributed by atoms with E-state index in [1.807, 2.05) is 0 Å². The van der Waals surface area contributed by atoms with Crippen LogP contribution in [0.4, 0.5) is 5.69 Å². The first-order valence-corrected chi connectivity index (χ1v) is 12.9. The summed E-state index contributed by atoms with van der Waals surface area (Å²) < 4.78 is 0. The van der Waals surface area contributed by atoms with Crippen molar-refractivity contribution >= 4 is 5.69 Å². The van der Waals surface area contributed by atoms with E-state index in [2.05, 4.69) is 65.8 Å². The summed E-state index contributed by atoms with van der Waals surface area (Å²) in [5, 5.41) is 0. The first-order chi connectivity index (χ1) is 14.6. The predicted octanol–water partition coefficient (Wildman–Crippen LogP) is 5.12. The second kappa shape index (κ2) is 8.47. The summed E-state index contributed by atoms with van der Waals surface area (Å²) in [5.74, 6) is 3.56. The Labute approximate surface area is 184 Å². The number of benzene rings is 1. The zero-order chi connectivity index (χ0) is 20.7. The quantitative estimate of drug-likeness (QED) is 0.683. The third kappa shape index (κ3) is 3.60. The topological polar surface area (TPSA) is 9.72 Å². The summed E-state index contributed by atoms with van der Waals surface area (Å²) in [5.41, 5.74) is 1.86. The lowest BCUT2D eigenvalue weighted by Gasteiger charge is -2.51. The van der Waals surface area contributed by atoms with Crippen molar-refractivity contribution in [3.05, 3.63) is 30.3 Å². The van der Waals surface area contributed by atoms with Crippen molar-refractivity contribution in [2.24, 2.45) is 23.7 Å². The van der Waals surface area contributed by atoms with Gasteiger partial charge in [-0.15, -0.1) is 0 Å². The molecule has 2 unspecified atom stereocenters. The van der Waals surface area contributed by atoms with Gasteiger partial charge in [0, 0.05) is 55.9 Å². The zero-order valence-electron chi connectivity index (χ0n) is 19.6. The van der Waals surface area contributed by atoms with Gasteiger partial charge in [-0.1, -0.05) is 39.0 Å². The average molecular weight is 410 g/mol. The fraction of sp³-hybridized carbons (Fsp3) is 0.778. The highest BCUT2D eigenvalue weighted by Gasteiger charge is 2.57. The first-order valence-electron chi connectivity index (χ1n) is 12.9. The van der Waals surface area contributed by atoms with Gasteiger partial charge in [-0.2, -0.15) is 0 Å². The van der Waals surface area contributed by atoms with E-state index in [1.165, 1.54) is 83.5 Å². The highest BCUT2D eigenvalue weighted by atomic mass is 15.3. The van der Waals surface area contributed by atoms with Crippen LogP contribution in [-0.2, 0) is 0 Å². The molecule has 1 aromatic rings. The van der Waals surface area contributed by atoms with Crippen LogP contribution in [0.5, 0.6) is 0 Å². The fourth-order valence-corrected chi connectivity index (χ4v) is 7.65. The van der Waals surface area contributed by atoms with Gasteiger partial charge in [0.1, 0.15) is 0 Å². The van der Waals surface area contributed by atoms with Crippen LogP contribution in [0.25, 0.3) is 0 Å². The molecule has 1 aromatic carbocycles. The van der Waals surface area contributed by atoms with Crippen LogP contribution in [0.3, 0.4) is 0 Å². The third-order valence-electron chi connectivity index (χ3n) is 9.54. The molecule has 1 aliphatic carbocycles. The Balaban J connectivity index is 1.31. The molecule has 3 saturated heterocycles. The molecule has 2 atom stereocenters. The minimum absolute atomic E-state index is 0.390. The molecule has 1 spiro atoms. The lowest BCUT2D eigenvalue weighted by atomic mass is 9.73. The van der Waals surface area contributed by atoms with Crippen LogP contribution in [-0.4, -0.2) is 60.6 Å². The molecular weight excluding hydrogens is 366 g/mol.